The van der Waals surface area contributed by atoms with Crippen LogP contribution in [0.2, 0.25) is 5.02 Å². The molecule has 0 amide bonds. The molecule has 2 atom stereocenters. The molecule has 2 aliphatic carbocycles. The van der Waals surface area contributed by atoms with Gasteiger partial charge in [-0.2, -0.15) is 4.31 Å². The van der Waals surface area contributed by atoms with Crippen molar-refractivity contribution in [3.63, 3.8) is 0 Å². The summed E-state index contributed by atoms with van der Waals surface area (Å²) in [5.41, 5.74) is 0.0132. The third-order valence-corrected chi connectivity index (χ3v) is 9.63. The van der Waals surface area contributed by atoms with Crippen LogP contribution in [0.3, 0.4) is 0 Å². The van der Waals surface area contributed by atoms with Gasteiger partial charge in [-0.1, -0.05) is 42.7 Å². The van der Waals surface area contributed by atoms with Gasteiger partial charge in [-0.15, -0.1) is 0 Å². The molecular formula is C21H27ClN2O5S. The second-order valence-corrected chi connectivity index (χ2v) is 11.3. The molecule has 4 rings (SSSR count). The molecule has 1 aromatic carbocycles. The highest BCUT2D eigenvalue weighted by Crippen LogP contribution is 2.64. The molecule has 1 heterocycles. The fourth-order valence-electron chi connectivity index (χ4n) is 5.26. The van der Waals surface area contributed by atoms with Crippen molar-refractivity contribution in [3.8, 4) is 0 Å². The monoisotopic (exact) mass is 454 g/mol. The molecule has 2 saturated carbocycles. The number of hydrogen-bond acceptors (Lipinski definition) is 6. The molecule has 0 aromatic heterocycles. The Balaban J connectivity index is 1.61. The van der Waals surface area contributed by atoms with Gasteiger partial charge in [0.25, 0.3) is 0 Å². The number of carbonyl (C=O) groups is 1. The van der Waals surface area contributed by atoms with E-state index in [0.29, 0.717) is 49.4 Å². The number of ether oxygens (including phenoxy) is 1. The van der Waals surface area contributed by atoms with E-state index in [9.17, 15) is 13.2 Å². The van der Waals surface area contributed by atoms with Gasteiger partial charge in [0.2, 0.25) is 10.0 Å². The summed E-state index contributed by atoms with van der Waals surface area (Å²) in [7, 11) is -3.50. The molecule has 1 saturated heterocycles. The van der Waals surface area contributed by atoms with Crippen LogP contribution in [-0.2, 0) is 19.6 Å². The van der Waals surface area contributed by atoms with Gasteiger partial charge >= 0.3 is 5.97 Å². The van der Waals surface area contributed by atoms with Crippen LogP contribution in [0.15, 0.2) is 29.4 Å². The summed E-state index contributed by atoms with van der Waals surface area (Å²) < 4.78 is 33.3. The largest absolute Gasteiger partial charge is 0.379 e. The van der Waals surface area contributed by atoms with E-state index in [2.05, 4.69) is 19.0 Å². The summed E-state index contributed by atoms with van der Waals surface area (Å²) in [6.45, 7) is 5.78. The first-order chi connectivity index (χ1) is 14.2. The van der Waals surface area contributed by atoms with Crippen molar-refractivity contribution in [2.75, 3.05) is 32.1 Å². The number of halogens is 1. The Morgan fingerprint density at radius 2 is 2.00 bits per heavy atom. The van der Waals surface area contributed by atoms with Gasteiger partial charge in [0.05, 0.1) is 35.3 Å². The van der Waals surface area contributed by atoms with E-state index < -0.39 is 21.4 Å². The van der Waals surface area contributed by atoms with E-state index >= 15 is 0 Å². The lowest BCUT2D eigenvalue weighted by Gasteiger charge is -2.39. The zero-order valence-corrected chi connectivity index (χ0v) is 18.8. The average Bonchev–Trinajstić information content (AvgIpc) is 3.07. The maximum absolute atomic E-state index is 13.3. The van der Waals surface area contributed by atoms with Crippen molar-refractivity contribution in [2.45, 2.75) is 33.1 Å². The average molecular weight is 455 g/mol. The number of nitrogens with zero attached hydrogens (tertiary/aromatic N) is 2. The van der Waals surface area contributed by atoms with Crippen molar-refractivity contribution in [1.29, 1.82) is 0 Å². The Morgan fingerprint density at radius 3 is 2.67 bits per heavy atom. The minimum Gasteiger partial charge on any atom is -0.379 e. The molecule has 164 valence electrons. The lowest BCUT2D eigenvalue weighted by atomic mass is 9.70. The topological polar surface area (TPSA) is 85.3 Å². The van der Waals surface area contributed by atoms with E-state index in [0.717, 1.165) is 12.8 Å². The number of morpholine rings is 1. The number of carbonyl (C=O) groups excluding carboxylic acids is 1. The van der Waals surface area contributed by atoms with Gasteiger partial charge in [-0.05, 0) is 42.7 Å². The predicted octanol–water partition coefficient (Wildman–Crippen LogP) is 3.34. The van der Waals surface area contributed by atoms with Gasteiger partial charge in [0.15, 0.2) is 0 Å². The first kappa shape index (κ1) is 21.7. The second-order valence-electron chi connectivity index (χ2n) is 8.91. The Labute approximate surface area is 182 Å². The van der Waals surface area contributed by atoms with Crippen LogP contribution in [-0.4, -0.2) is 56.5 Å². The van der Waals surface area contributed by atoms with Crippen molar-refractivity contribution in [1.82, 2.24) is 4.31 Å². The van der Waals surface area contributed by atoms with Gasteiger partial charge in [-0.3, -0.25) is 0 Å². The second kappa shape index (κ2) is 7.89. The fraction of sp³-hybridized carbons (Fsp3) is 0.619. The highest BCUT2D eigenvalue weighted by molar-refractivity contribution is 7.89. The molecule has 3 fully saturated rings. The summed E-state index contributed by atoms with van der Waals surface area (Å²) in [6.07, 6.45) is 2.31. The van der Waals surface area contributed by atoms with Crippen LogP contribution in [0.25, 0.3) is 0 Å². The van der Waals surface area contributed by atoms with Crippen LogP contribution >= 0.6 is 11.6 Å². The molecule has 9 heteroatoms. The summed E-state index contributed by atoms with van der Waals surface area (Å²) in [6, 6.07) is 6.62. The number of fused-ring (bicyclic) bond motifs is 2. The van der Waals surface area contributed by atoms with Gasteiger partial charge < -0.3 is 9.57 Å². The smallest absolute Gasteiger partial charge is 0.367 e. The number of sulfonamides is 1. The molecule has 0 radical (unpaired) electrons. The maximum Gasteiger partial charge on any atom is 0.367 e. The zero-order chi connectivity index (χ0) is 21.6. The quantitative estimate of drug-likeness (QED) is 0.503. The van der Waals surface area contributed by atoms with Crippen LogP contribution in [0.4, 0.5) is 0 Å². The molecule has 2 bridgehead atoms. The summed E-state index contributed by atoms with van der Waals surface area (Å²) in [4.78, 5) is 17.7. The highest BCUT2D eigenvalue weighted by atomic mass is 35.5. The van der Waals surface area contributed by atoms with E-state index in [1.807, 2.05) is 0 Å². The van der Waals surface area contributed by atoms with Crippen LogP contribution < -0.4 is 0 Å². The SMILES string of the molecule is CC1(C)C2CCC1(CS(=O)(=O)N1CCOCC1)/C(=N/OC(=O)c1ccccc1Cl)C2. The summed E-state index contributed by atoms with van der Waals surface area (Å²) in [5, 5.41) is 4.51. The van der Waals surface area contributed by atoms with Crippen LogP contribution in [0.1, 0.15) is 43.5 Å². The van der Waals surface area contributed by atoms with E-state index in [4.69, 9.17) is 21.2 Å². The van der Waals surface area contributed by atoms with Crippen LogP contribution in [0, 0.1) is 16.7 Å². The third kappa shape index (κ3) is 3.57. The van der Waals surface area contributed by atoms with Gasteiger partial charge in [0.1, 0.15) is 0 Å². The van der Waals surface area contributed by atoms with Crippen LogP contribution in [0.5, 0.6) is 0 Å². The summed E-state index contributed by atoms with van der Waals surface area (Å²) in [5.74, 6) is -0.346. The summed E-state index contributed by atoms with van der Waals surface area (Å²) >= 11 is 6.08. The molecule has 30 heavy (non-hydrogen) atoms. The number of hydrogen-bond donors (Lipinski definition) is 0. The maximum atomic E-state index is 13.3. The molecule has 1 aromatic rings. The van der Waals surface area contributed by atoms with E-state index in [1.54, 1.807) is 24.3 Å². The molecule has 2 unspecified atom stereocenters. The lowest BCUT2D eigenvalue weighted by molar-refractivity contribution is 0.0508. The Morgan fingerprint density at radius 1 is 1.30 bits per heavy atom. The van der Waals surface area contributed by atoms with Gasteiger partial charge in [-0.25, -0.2) is 13.2 Å². The third-order valence-electron chi connectivity index (χ3n) is 7.29. The molecular weight excluding hydrogens is 428 g/mol. The normalized spacial score (nSPS) is 30.0. The Bertz CT molecular complexity index is 971. The number of rotatable bonds is 5. The number of benzene rings is 1. The molecule has 1 aliphatic heterocycles. The number of oxime groups is 1. The molecule has 0 N–H and O–H groups in total. The Hall–Kier alpha value is -1.48. The fourth-order valence-corrected chi connectivity index (χ4v) is 7.67. The first-order valence-electron chi connectivity index (χ1n) is 10.3. The predicted molar refractivity (Wildman–Crippen MR) is 114 cm³/mol. The highest BCUT2D eigenvalue weighted by Gasteiger charge is 2.64. The molecule has 7 nitrogen and oxygen atoms in total. The van der Waals surface area contributed by atoms with Crippen molar-refractivity contribution in [3.05, 3.63) is 34.9 Å². The first-order valence-corrected chi connectivity index (χ1v) is 12.2. The van der Waals surface area contributed by atoms with Crippen molar-refractivity contribution < 1.29 is 22.8 Å². The van der Waals surface area contributed by atoms with Crippen molar-refractivity contribution >= 4 is 33.3 Å². The molecule has 3 aliphatic rings. The van der Waals surface area contributed by atoms with E-state index in [1.165, 1.54) is 4.31 Å². The molecule has 0 spiro atoms. The standard InChI is InChI=1S/C21H27ClN2O5S/c1-20(2)15-7-8-21(20,14-30(26,27)24-9-11-28-12-10-24)18(13-15)23-29-19(25)16-5-3-4-6-17(16)22/h3-6,15H,7-14H2,1-2H3/b23-18+. The lowest BCUT2D eigenvalue weighted by Crippen LogP contribution is -2.49. The van der Waals surface area contributed by atoms with E-state index in [-0.39, 0.29) is 16.7 Å². The minimum atomic E-state index is -3.50. The van der Waals surface area contributed by atoms with Crippen molar-refractivity contribution in [2.24, 2.45) is 21.9 Å². The van der Waals surface area contributed by atoms with Gasteiger partial charge in [0, 0.05) is 18.5 Å². The zero-order valence-electron chi connectivity index (χ0n) is 17.3. The Kier molecular flexibility index (Phi) is 5.72. The minimum absolute atomic E-state index is 0.0218.